The summed E-state index contributed by atoms with van der Waals surface area (Å²) in [6, 6.07) is 1.96. The number of carbonyl (C=O) groups is 1. The molecular weight excluding hydrogens is 246 g/mol. The van der Waals surface area contributed by atoms with Gasteiger partial charge in [0, 0.05) is 6.54 Å². The van der Waals surface area contributed by atoms with Gasteiger partial charge in [-0.25, -0.2) is 0 Å². The van der Waals surface area contributed by atoms with Crippen molar-refractivity contribution in [1.29, 1.82) is 0 Å². The molecule has 2 N–H and O–H groups in total. The van der Waals surface area contributed by atoms with E-state index in [-0.39, 0.29) is 5.91 Å². The molecular formula is C14H21NO2S. The maximum atomic E-state index is 11.8. The van der Waals surface area contributed by atoms with Crippen LogP contribution in [0.4, 0.5) is 0 Å². The average Bonchev–Trinajstić information content (AvgIpc) is 2.79. The van der Waals surface area contributed by atoms with Crippen LogP contribution in [0.15, 0.2) is 16.8 Å². The van der Waals surface area contributed by atoms with Gasteiger partial charge < -0.3 is 10.4 Å². The van der Waals surface area contributed by atoms with Crippen molar-refractivity contribution >= 4 is 17.2 Å². The Labute approximate surface area is 112 Å². The summed E-state index contributed by atoms with van der Waals surface area (Å²) >= 11 is 1.60. The molecule has 1 aliphatic rings. The summed E-state index contributed by atoms with van der Waals surface area (Å²) in [5.41, 5.74) is 0.351. The third-order valence-electron chi connectivity index (χ3n) is 3.63. The second-order valence-corrected chi connectivity index (χ2v) is 6.29. The molecule has 3 nitrogen and oxygen atoms in total. The Kier molecular flexibility index (Phi) is 4.40. The van der Waals surface area contributed by atoms with Gasteiger partial charge in [0.1, 0.15) is 0 Å². The first-order valence-electron chi connectivity index (χ1n) is 6.57. The first-order valence-corrected chi connectivity index (χ1v) is 7.52. The summed E-state index contributed by atoms with van der Waals surface area (Å²) in [5.74, 6) is 0.553. The SMILES string of the molecule is CC1CCCC(O)(CNC(=O)Cc2ccsc2)C1. The van der Waals surface area contributed by atoms with Gasteiger partial charge in [-0.1, -0.05) is 19.8 Å². The van der Waals surface area contributed by atoms with Gasteiger partial charge in [-0.2, -0.15) is 11.3 Å². The van der Waals surface area contributed by atoms with Crippen molar-refractivity contribution in [2.75, 3.05) is 6.54 Å². The Bertz CT molecular complexity index is 391. The minimum atomic E-state index is -0.692. The van der Waals surface area contributed by atoms with Crippen LogP contribution in [0.2, 0.25) is 0 Å². The Balaban J connectivity index is 1.78. The Morgan fingerprint density at radius 1 is 1.67 bits per heavy atom. The largest absolute Gasteiger partial charge is 0.388 e. The van der Waals surface area contributed by atoms with E-state index in [0.29, 0.717) is 18.9 Å². The zero-order valence-corrected chi connectivity index (χ0v) is 11.6. The monoisotopic (exact) mass is 267 g/mol. The Morgan fingerprint density at radius 2 is 2.50 bits per heavy atom. The standard InChI is InChI=1S/C14H21NO2S/c1-11-3-2-5-14(17,8-11)10-15-13(16)7-12-4-6-18-9-12/h4,6,9,11,17H,2-3,5,7-8,10H2,1H3,(H,15,16). The number of nitrogens with one attached hydrogen (secondary N) is 1. The minimum Gasteiger partial charge on any atom is -0.388 e. The summed E-state index contributed by atoms with van der Waals surface area (Å²) in [6.45, 7) is 2.55. The predicted octanol–water partition coefficient (Wildman–Crippen LogP) is 2.35. The molecule has 18 heavy (non-hydrogen) atoms. The van der Waals surface area contributed by atoms with Crippen LogP contribution < -0.4 is 5.32 Å². The lowest BCUT2D eigenvalue weighted by atomic mass is 9.79. The van der Waals surface area contributed by atoms with E-state index >= 15 is 0 Å². The molecule has 1 aliphatic carbocycles. The number of hydrogen-bond donors (Lipinski definition) is 2. The van der Waals surface area contributed by atoms with Crippen LogP contribution >= 0.6 is 11.3 Å². The van der Waals surface area contributed by atoms with Crippen LogP contribution in [-0.2, 0) is 11.2 Å². The highest BCUT2D eigenvalue weighted by Gasteiger charge is 2.32. The second-order valence-electron chi connectivity index (χ2n) is 5.51. The maximum Gasteiger partial charge on any atom is 0.224 e. The van der Waals surface area contributed by atoms with Gasteiger partial charge in [0.25, 0.3) is 0 Å². The number of hydrogen-bond acceptors (Lipinski definition) is 3. The van der Waals surface area contributed by atoms with E-state index in [2.05, 4.69) is 12.2 Å². The molecule has 1 fully saturated rings. The van der Waals surface area contributed by atoms with Crippen molar-refractivity contribution in [3.8, 4) is 0 Å². The zero-order chi connectivity index (χ0) is 13.0. The summed E-state index contributed by atoms with van der Waals surface area (Å²) in [4.78, 5) is 11.8. The zero-order valence-electron chi connectivity index (χ0n) is 10.8. The topological polar surface area (TPSA) is 49.3 Å². The fourth-order valence-electron chi connectivity index (χ4n) is 2.70. The van der Waals surface area contributed by atoms with Crippen LogP contribution in [-0.4, -0.2) is 23.2 Å². The molecule has 1 aromatic heterocycles. The van der Waals surface area contributed by atoms with Crippen LogP contribution in [0, 0.1) is 5.92 Å². The third-order valence-corrected chi connectivity index (χ3v) is 4.36. The first-order chi connectivity index (χ1) is 8.57. The van der Waals surface area contributed by atoms with E-state index in [1.807, 2.05) is 16.8 Å². The van der Waals surface area contributed by atoms with Crippen molar-refractivity contribution in [2.45, 2.75) is 44.6 Å². The lowest BCUT2D eigenvalue weighted by molar-refractivity contribution is -0.122. The van der Waals surface area contributed by atoms with Crippen molar-refractivity contribution in [3.05, 3.63) is 22.4 Å². The number of amides is 1. The van der Waals surface area contributed by atoms with Crippen LogP contribution in [0.5, 0.6) is 0 Å². The van der Waals surface area contributed by atoms with E-state index in [4.69, 9.17) is 0 Å². The normalized spacial score (nSPS) is 28.0. The number of aliphatic hydroxyl groups is 1. The molecule has 0 saturated heterocycles. The minimum absolute atomic E-state index is 0.0000477. The third kappa shape index (κ3) is 3.82. The molecule has 1 aromatic rings. The molecule has 100 valence electrons. The first kappa shape index (κ1) is 13.6. The molecule has 1 amide bonds. The van der Waals surface area contributed by atoms with Gasteiger partial charge in [-0.05, 0) is 41.1 Å². The van der Waals surface area contributed by atoms with Gasteiger partial charge in [-0.3, -0.25) is 4.79 Å². The molecule has 2 rings (SSSR count). The summed E-state index contributed by atoms with van der Waals surface area (Å²) < 4.78 is 0. The van der Waals surface area contributed by atoms with Gasteiger partial charge in [0.15, 0.2) is 0 Å². The fraction of sp³-hybridized carbons (Fsp3) is 0.643. The molecule has 1 heterocycles. The highest BCUT2D eigenvalue weighted by atomic mass is 32.1. The molecule has 4 heteroatoms. The summed E-state index contributed by atoms with van der Waals surface area (Å²) in [6.07, 6.45) is 4.25. The van der Waals surface area contributed by atoms with Gasteiger partial charge in [0.05, 0.1) is 12.0 Å². The molecule has 0 spiro atoms. The quantitative estimate of drug-likeness (QED) is 0.880. The molecule has 2 unspecified atom stereocenters. The Morgan fingerprint density at radius 3 is 3.17 bits per heavy atom. The average molecular weight is 267 g/mol. The predicted molar refractivity (Wildman–Crippen MR) is 73.6 cm³/mol. The van der Waals surface area contributed by atoms with Crippen molar-refractivity contribution in [3.63, 3.8) is 0 Å². The summed E-state index contributed by atoms with van der Waals surface area (Å²) in [5, 5.41) is 17.2. The smallest absolute Gasteiger partial charge is 0.224 e. The van der Waals surface area contributed by atoms with Gasteiger partial charge >= 0.3 is 0 Å². The lowest BCUT2D eigenvalue weighted by Crippen LogP contribution is -2.46. The van der Waals surface area contributed by atoms with Crippen molar-refractivity contribution < 1.29 is 9.90 Å². The van der Waals surface area contributed by atoms with E-state index in [9.17, 15) is 9.90 Å². The highest BCUT2D eigenvalue weighted by molar-refractivity contribution is 7.07. The fourth-order valence-corrected chi connectivity index (χ4v) is 3.37. The lowest BCUT2D eigenvalue weighted by Gasteiger charge is -2.35. The molecule has 2 atom stereocenters. The van der Waals surface area contributed by atoms with Gasteiger partial charge in [0.2, 0.25) is 5.91 Å². The maximum absolute atomic E-state index is 11.8. The number of carbonyl (C=O) groups excluding carboxylic acids is 1. The van der Waals surface area contributed by atoms with Gasteiger partial charge in [-0.15, -0.1) is 0 Å². The summed E-state index contributed by atoms with van der Waals surface area (Å²) in [7, 11) is 0. The second kappa shape index (κ2) is 5.85. The van der Waals surface area contributed by atoms with Crippen molar-refractivity contribution in [1.82, 2.24) is 5.32 Å². The molecule has 0 bridgehead atoms. The number of thiophene rings is 1. The van der Waals surface area contributed by atoms with Crippen LogP contribution in [0.1, 0.15) is 38.2 Å². The Hall–Kier alpha value is -0.870. The van der Waals surface area contributed by atoms with E-state index in [1.54, 1.807) is 11.3 Å². The van der Waals surface area contributed by atoms with E-state index < -0.39 is 5.60 Å². The molecule has 0 aromatic carbocycles. The van der Waals surface area contributed by atoms with Crippen LogP contribution in [0.3, 0.4) is 0 Å². The molecule has 0 aliphatic heterocycles. The van der Waals surface area contributed by atoms with E-state index in [1.165, 1.54) is 6.42 Å². The van der Waals surface area contributed by atoms with Crippen molar-refractivity contribution in [2.24, 2.45) is 5.92 Å². The highest BCUT2D eigenvalue weighted by Crippen LogP contribution is 2.31. The molecule has 1 saturated carbocycles. The molecule has 0 radical (unpaired) electrons. The van der Waals surface area contributed by atoms with E-state index in [0.717, 1.165) is 24.8 Å². The number of rotatable bonds is 4. The van der Waals surface area contributed by atoms with Crippen LogP contribution in [0.25, 0.3) is 0 Å².